The Labute approximate surface area is 156 Å². The smallest absolute Gasteiger partial charge is 0.335 e. The van der Waals surface area contributed by atoms with Gasteiger partial charge in [-0.2, -0.15) is 0 Å². The van der Waals surface area contributed by atoms with Crippen molar-refractivity contribution >= 4 is 5.97 Å². The molecule has 0 aliphatic heterocycles. The fourth-order valence-electron chi connectivity index (χ4n) is 2.70. The second-order valence-electron chi connectivity index (χ2n) is 5.88. The molecule has 0 amide bonds. The summed E-state index contributed by atoms with van der Waals surface area (Å²) >= 11 is 0. The molecule has 1 N–H and O–H groups in total. The zero-order valence-corrected chi connectivity index (χ0v) is 14.4. The van der Waals surface area contributed by atoms with E-state index in [0.717, 1.165) is 16.7 Å². The number of carboxylic acids is 1. The zero-order chi connectivity index (χ0) is 19.1. The predicted octanol–water partition coefficient (Wildman–Crippen LogP) is 5.36. The molecule has 1 atom stereocenters. The monoisotopic (exact) mass is 359 g/mol. The zero-order valence-electron chi connectivity index (χ0n) is 14.4. The van der Waals surface area contributed by atoms with Crippen LogP contribution < -0.4 is 4.74 Å². The SMILES string of the molecule is [N-]=[N+]=NC(c1ccccc1)c1cccc(OCc2ccc(C(=O)O)cc2)c1. The normalized spacial score (nSPS) is 11.3. The lowest BCUT2D eigenvalue weighted by atomic mass is 9.99. The van der Waals surface area contributed by atoms with E-state index in [-0.39, 0.29) is 5.56 Å². The minimum Gasteiger partial charge on any atom is -0.489 e. The van der Waals surface area contributed by atoms with Crippen molar-refractivity contribution in [2.75, 3.05) is 0 Å². The first kappa shape index (κ1) is 18.0. The van der Waals surface area contributed by atoms with E-state index in [4.69, 9.17) is 15.4 Å². The van der Waals surface area contributed by atoms with Gasteiger partial charge in [0.1, 0.15) is 12.4 Å². The summed E-state index contributed by atoms with van der Waals surface area (Å²) in [6, 6.07) is 23.0. The van der Waals surface area contributed by atoms with Crippen LogP contribution >= 0.6 is 0 Å². The Bertz CT molecular complexity index is 965. The van der Waals surface area contributed by atoms with Crippen molar-refractivity contribution < 1.29 is 14.6 Å². The quantitative estimate of drug-likeness (QED) is 0.349. The van der Waals surface area contributed by atoms with Crippen molar-refractivity contribution in [1.29, 1.82) is 0 Å². The number of carbonyl (C=O) groups is 1. The van der Waals surface area contributed by atoms with Crippen molar-refractivity contribution in [2.45, 2.75) is 12.6 Å². The number of ether oxygens (including phenoxy) is 1. The highest BCUT2D eigenvalue weighted by Gasteiger charge is 2.13. The molecule has 3 aromatic rings. The van der Waals surface area contributed by atoms with Gasteiger partial charge in [0.2, 0.25) is 0 Å². The molecule has 134 valence electrons. The van der Waals surface area contributed by atoms with Crippen LogP contribution in [-0.4, -0.2) is 11.1 Å². The molecule has 27 heavy (non-hydrogen) atoms. The number of aromatic carboxylic acids is 1. The molecule has 3 aromatic carbocycles. The summed E-state index contributed by atoms with van der Waals surface area (Å²) < 4.78 is 5.82. The summed E-state index contributed by atoms with van der Waals surface area (Å²) in [4.78, 5) is 13.9. The van der Waals surface area contributed by atoms with E-state index in [1.54, 1.807) is 24.3 Å². The van der Waals surface area contributed by atoms with E-state index in [2.05, 4.69) is 10.0 Å². The van der Waals surface area contributed by atoms with E-state index in [1.165, 1.54) is 0 Å². The average Bonchev–Trinajstić information content (AvgIpc) is 2.71. The molecule has 0 aliphatic rings. The third kappa shape index (κ3) is 4.66. The number of rotatable bonds is 7. The Morgan fingerprint density at radius 2 is 1.70 bits per heavy atom. The van der Waals surface area contributed by atoms with Crippen LogP contribution in [0.25, 0.3) is 10.4 Å². The van der Waals surface area contributed by atoms with Gasteiger partial charge in [0.05, 0.1) is 11.6 Å². The number of hydrogen-bond donors (Lipinski definition) is 1. The van der Waals surface area contributed by atoms with E-state index < -0.39 is 12.0 Å². The molecule has 1 unspecified atom stereocenters. The van der Waals surface area contributed by atoms with Gasteiger partial charge in [0, 0.05) is 4.91 Å². The minimum atomic E-state index is -0.958. The molecule has 0 heterocycles. The topological polar surface area (TPSA) is 95.3 Å². The molecule has 0 aromatic heterocycles. The second kappa shape index (κ2) is 8.56. The number of hydrogen-bond acceptors (Lipinski definition) is 3. The van der Waals surface area contributed by atoms with E-state index in [9.17, 15) is 4.79 Å². The van der Waals surface area contributed by atoms with Gasteiger partial charge in [-0.3, -0.25) is 0 Å². The number of azide groups is 1. The van der Waals surface area contributed by atoms with Crippen LogP contribution in [0.4, 0.5) is 0 Å². The first-order chi connectivity index (χ1) is 13.2. The molecule has 0 saturated carbocycles. The molecular formula is C21H17N3O3. The Balaban J connectivity index is 1.76. The first-order valence-electron chi connectivity index (χ1n) is 8.31. The third-order valence-corrected chi connectivity index (χ3v) is 4.06. The summed E-state index contributed by atoms with van der Waals surface area (Å²) in [7, 11) is 0. The van der Waals surface area contributed by atoms with Crippen molar-refractivity contribution in [3.8, 4) is 5.75 Å². The molecule has 0 bridgehead atoms. The maximum absolute atomic E-state index is 10.9. The molecule has 0 fully saturated rings. The Hall–Kier alpha value is -3.76. The average molecular weight is 359 g/mol. The highest BCUT2D eigenvalue weighted by molar-refractivity contribution is 5.87. The van der Waals surface area contributed by atoms with Gasteiger partial charge in [-0.05, 0) is 46.5 Å². The van der Waals surface area contributed by atoms with Crippen LogP contribution in [0, 0.1) is 0 Å². The van der Waals surface area contributed by atoms with Crippen molar-refractivity contribution in [3.63, 3.8) is 0 Å². The van der Waals surface area contributed by atoms with E-state index >= 15 is 0 Å². The van der Waals surface area contributed by atoms with Gasteiger partial charge >= 0.3 is 5.97 Å². The summed E-state index contributed by atoms with van der Waals surface area (Å²) in [5.41, 5.74) is 11.8. The van der Waals surface area contributed by atoms with Crippen LogP contribution in [0.15, 0.2) is 84.0 Å². The van der Waals surface area contributed by atoms with E-state index in [1.807, 2.05) is 54.6 Å². The van der Waals surface area contributed by atoms with Gasteiger partial charge < -0.3 is 9.84 Å². The fourth-order valence-corrected chi connectivity index (χ4v) is 2.70. The van der Waals surface area contributed by atoms with Gasteiger partial charge in [-0.15, -0.1) is 0 Å². The second-order valence-corrected chi connectivity index (χ2v) is 5.88. The van der Waals surface area contributed by atoms with Crippen LogP contribution in [-0.2, 0) is 6.61 Å². The summed E-state index contributed by atoms with van der Waals surface area (Å²) in [6.07, 6.45) is 0. The standard InChI is InChI=1S/C21H17N3O3/c22-24-23-20(16-5-2-1-3-6-16)18-7-4-8-19(13-18)27-14-15-9-11-17(12-10-15)21(25)26/h1-13,20H,14H2,(H,25,26). The lowest BCUT2D eigenvalue weighted by Gasteiger charge is -2.14. The van der Waals surface area contributed by atoms with E-state index in [0.29, 0.717) is 12.4 Å². The van der Waals surface area contributed by atoms with Gasteiger partial charge in [-0.25, -0.2) is 4.79 Å². The lowest BCUT2D eigenvalue weighted by Crippen LogP contribution is -2.00. The minimum absolute atomic E-state index is 0.237. The summed E-state index contributed by atoms with van der Waals surface area (Å²) in [5.74, 6) is -0.316. The first-order valence-corrected chi connectivity index (χ1v) is 8.31. The predicted molar refractivity (Wildman–Crippen MR) is 102 cm³/mol. The molecule has 0 aliphatic carbocycles. The molecule has 0 spiro atoms. The number of benzene rings is 3. The van der Waals surface area contributed by atoms with Crippen LogP contribution in [0.1, 0.15) is 33.1 Å². The number of nitrogens with zero attached hydrogens (tertiary/aromatic N) is 3. The van der Waals surface area contributed by atoms with Crippen LogP contribution in [0.3, 0.4) is 0 Å². The van der Waals surface area contributed by atoms with Crippen molar-refractivity contribution in [2.24, 2.45) is 5.11 Å². The summed E-state index contributed by atoms with van der Waals surface area (Å²) in [6.45, 7) is 0.306. The van der Waals surface area contributed by atoms with Gasteiger partial charge in [-0.1, -0.05) is 59.7 Å². The molecule has 6 heteroatoms. The largest absolute Gasteiger partial charge is 0.489 e. The highest BCUT2D eigenvalue weighted by Crippen LogP contribution is 2.29. The fraction of sp³-hybridized carbons (Fsp3) is 0.0952. The Kier molecular flexibility index (Phi) is 5.72. The molecule has 0 saturated heterocycles. The van der Waals surface area contributed by atoms with Crippen LogP contribution in [0.2, 0.25) is 0 Å². The van der Waals surface area contributed by atoms with Gasteiger partial charge in [0.15, 0.2) is 0 Å². The van der Waals surface area contributed by atoms with Crippen molar-refractivity contribution in [1.82, 2.24) is 0 Å². The highest BCUT2D eigenvalue weighted by atomic mass is 16.5. The summed E-state index contributed by atoms with van der Waals surface area (Å²) in [5, 5.41) is 12.9. The van der Waals surface area contributed by atoms with Crippen LogP contribution in [0.5, 0.6) is 5.75 Å². The van der Waals surface area contributed by atoms with Gasteiger partial charge in [0.25, 0.3) is 0 Å². The maximum Gasteiger partial charge on any atom is 0.335 e. The lowest BCUT2D eigenvalue weighted by molar-refractivity contribution is 0.0697. The molecule has 0 radical (unpaired) electrons. The molecule has 3 rings (SSSR count). The Morgan fingerprint density at radius 3 is 2.37 bits per heavy atom. The Morgan fingerprint density at radius 1 is 1.00 bits per heavy atom. The molecular weight excluding hydrogens is 342 g/mol. The van der Waals surface area contributed by atoms with Crippen molar-refractivity contribution in [3.05, 3.63) is 112 Å². The third-order valence-electron chi connectivity index (χ3n) is 4.06. The number of carboxylic acid groups (broad SMARTS) is 1. The molecule has 6 nitrogen and oxygen atoms in total. The maximum atomic E-state index is 10.9.